The van der Waals surface area contributed by atoms with Gasteiger partial charge in [-0.25, -0.2) is 9.97 Å². The van der Waals surface area contributed by atoms with Crippen molar-refractivity contribution < 1.29 is 9.53 Å². The van der Waals surface area contributed by atoms with Crippen LogP contribution in [0.25, 0.3) is 22.2 Å². The standard InChI is InChI=1S/C29H30N6O2/c1-20-32-25-6-4-23(18-26(25)33-20)22-5-7-27-24(17-22)3-2-21(8-15-37-27)16-29(36)35-13-11-34(12-14-35)28-19-30-9-10-31-28/h2,4-7,9-10,17-19H,3,8,11-16H2,1H3,(H,32,33)/b21-2+. The molecule has 1 N–H and O–H groups in total. The summed E-state index contributed by atoms with van der Waals surface area (Å²) in [6, 6.07) is 12.7. The highest BCUT2D eigenvalue weighted by atomic mass is 16.5. The molecule has 1 saturated heterocycles. The van der Waals surface area contributed by atoms with Gasteiger partial charge in [0.05, 0.1) is 23.8 Å². The molecule has 8 heteroatoms. The summed E-state index contributed by atoms with van der Waals surface area (Å²) < 4.78 is 6.11. The first-order chi connectivity index (χ1) is 18.1. The normalized spacial score (nSPS) is 17.4. The van der Waals surface area contributed by atoms with Gasteiger partial charge in [-0.3, -0.25) is 9.78 Å². The summed E-state index contributed by atoms with van der Waals surface area (Å²) in [7, 11) is 0. The molecule has 0 aliphatic carbocycles. The van der Waals surface area contributed by atoms with Gasteiger partial charge < -0.3 is 19.5 Å². The molecule has 37 heavy (non-hydrogen) atoms. The highest BCUT2D eigenvalue weighted by Gasteiger charge is 2.23. The Kier molecular flexibility index (Phi) is 6.30. The third kappa shape index (κ3) is 5.05. The van der Waals surface area contributed by atoms with Crippen molar-refractivity contribution in [1.29, 1.82) is 0 Å². The molecule has 2 aliphatic heterocycles. The van der Waals surface area contributed by atoms with Crippen LogP contribution in [0.15, 0.2) is 66.6 Å². The van der Waals surface area contributed by atoms with Crippen LogP contribution in [0.1, 0.15) is 24.2 Å². The minimum Gasteiger partial charge on any atom is -0.493 e. The number of ether oxygens (including phenoxy) is 1. The number of imidazole rings is 1. The summed E-state index contributed by atoms with van der Waals surface area (Å²) >= 11 is 0. The molecule has 0 bridgehead atoms. The quantitative estimate of drug-likeness (QED) is 0.425. The molecule has 6 rings (SSSR count). The average Bonchev–Trinajstić information content (AvgIpc) is 3.30. The maximum atomic E-state index is 13.1. The van der Waals surface area contributed by atoms with E-state index in [4.69, 9.17) is 4.74 Å². The molecule has 0 saturated carbocycles. The first-order valence-corrected chi connectivity index (χ1v) is 12.8. The lowest BCUT2D eigenvalue weighted by Gasteiger charge is -2.35. The molecule has 0 spiro atoms. The van der Waals surface area contributed by atoms with Crippen molar-refractivity contribution in [3.63, 3.8) is 0 Å². The van der Waals surface area contributed by atoms with E-state index in [1.807, 2.05) is 11.8 Å². The number of allylic oxidation sites excluding steroid dienone is 1. The van der Waals surface area contributed by atoms with E-state index in [2.05, 4.69) is 67.3 Å². The highest BCUT2D eigenvalue weighted by molar-refractivity contribution is 5.82. The van der Waals surface area contributed by atoms with Gasteiger partial charge in [0.1, 0.15) is 17.4 Å². The molecule has 188 valence electrons. The lowest BCUT2D eigenvalue weighted by molar-refractivity contribution is -0.130. The molecule has 4 aromatic rings. The summed E-state index contributed by atoms with van der Waals surface area (Å²) in [5.74, 6) is 2.89. The van der Waals surface area contributed by atoms with Gasteiger partial charge in [0.25, 0.3) is 0 Å². The average molecular weight is 495 g/mol. The number of amides is 1. The molecule has 2 aromatic carbocycles. The number of hydrogen-bond donors (Lipinski definition) is 1. The molecule has 1 fully saturated rings. The zero-order valence-electron chi connectivity index (χ0n) is 21.0. The number of hydrogen-bond acceptors (Lipinski definition) is 6. The number of benzene rings is 2. The molecule has 4 heterocycles. The van der Waals surface area contributed by atoms with E-state index < -0.39 is 0 Å². The zero-order valence-corrected chi connectivity index (χ0v) is 21.0. The second kappa shape index (κ2) is 10.0. The van der Waals surface area contributed by atoms with Crippen molar-refractivity contribution in [2.75, 3.05) is 37.7 Å². The monoisotopic (exact) mass is 494 g/mol. The highest BCUT2D eigenvalue weighted by Crippen LogP contribution is 2.31. The van der Waals surface area contributed by atoms with E-state index in [0.717, 1.165) is 76.6 Å². The summed E-state index contributed by atoms with van der Waals surface area (Å²) in [4.78, 5) is 33.6. The number of aromatic nitrogens is 4. The summed E-state index contributed by atoms with van der Waals surface area (Å²) in [5.41, 5.74) is 6.58. The Morgan fingerprint density at radius 3 is 2.73 bits per heavy atom. The fourth-order valence-corrected chi connectivity index (χ4v) is 5.13. The van der Waals surface area contributed by atoms with Crippen LogP contribution in [0.3, 0.4) is 0 Å². The lowest BCUT2D eigenvalue weighted by Crippen LogP contribution is -2.49. The number of aryl methyl sites for hydroxylation is 1. The summed E-state index contributed by atoms with van der Waals surface area (Å²) in [6.07, 6.45) is 9.34. The van der Waals surface area contributed by atoms with E-state index >= 15 is 0 Å². The number of H-pyrrole nitrogens is 1. The smallest absolute Gasteiger partial charge is 0.226 e. The van der Waals surface area contributed by atoms with Crippen LogP contribution in [0.2, 0.25) is 0 Å². The van der Waals surface area contributed by atoms with Crippen LogP contribution < -0.4 is 9.64 Å². The Morgan fingerprint density at radius 1 is 1.05 bits per heavy atom. The van der Waals surface area contributed by atoms with Gasteiger partial charge in [-0.2, -0.15) is 0 Å². The minimum absolute atomic E-state index is 0.183. The number of carbonyl (C=O) groups is 1. The van der Waals surface area contributed by atoms with Crippen LogP contribution in [0, 0.1) is 6.92 Å². The Morgan fingerprint density at radius 2 is 1.89 bits per heavy atom. The Bertz CT molecular complexity index is 1450. The molecular formula is C29H30N6O2. The fraction of sp³-hybridized carbons (Fsp3) is 0.310. The number of carbonyl (C=O) groups excluding carboxylic acids is 1. The van der Waals surface area contributed by atoms with Crippen LogP contribution in [0.4, 0.5) is 5.82 Å². The SMILES string of the molecule is Cc1nc2ccc(-c3ccc4c(c3)C/C=C(/CC(=O)N3CCN(c5cnccn5)CC3)CCO4)cc2[nH]1. The molecule has 0 unspecified atom stereocenters. The molecule has 2 aliphatic rings. The number of anilines is 1. The predicted molar refractivity (Wildman–Crippen MR) is 144 cm³/mol. The second-order valence-corrected chi connectivity index (χ2v) is 9.65. The molecule has 2 aromatic heterocycles. The first kappa shape index (κ1) is 23.2. The van der Waals surface area contributed by atoms with Crippen molar-refractivity contribution in [3.05, 3.63) is 78.0 Å². The summed E-state index contributed by atoms with van der Waals surface area (Å²) in [5, 5.41) is 0. The van der Waals surface area contributed by atoms with Gasteiger partial charge >= 0.3 is 0 Å². The van der Waals surface area contributed by atoms with Crippen molar-refractivity contribution in [2.24, 2.45) is 0 Å². The summed E-state index contributed by atoms with van der Waals surface area (Å²) in [6.45, 7) is 5.48. The first-order valence-electron chi connectivity index (χ1n) is 12.8. The van der Waals surface area contributed by atoms with Crippen molar-refractivity contribution in [1.82, 2.24) is 24.8 Å². The molecular weight excluding hydrogens is 464 g/mol. The van der Waals surface area contributed by atoms with Crippen LogP contribution in [-0.2, 0) is 11.2 Å². The fourth-order valence-electron chi connectivity index (χ4n) is 5.13. The Labute approximate surface area is 216 Å². The maximum Gasteiger partial charge on any atom is 0.226 e. The Balaban J connectivity index is 1.12. The molecule has 0 radical (unpaired) electrons. The number of aromatic amines is 1. The van der Waals surface area contributed by atoms with Gasteiger partial charge in [-0.1, -0.05) is 23.8 Å². The number of nitrogens with one attached hydrogen (secondary N) is 1. The number of rotatable bonds is 4. The Hall–Kier alpha value is -4.20. The van der Waals surface area contributed by atoms with E-state index in [-0.39, 0.29) is 5.91 Å². The van der Waals surface area contributed by atoms with Crippen LogP contribution in [0.5, 0.6) is 5.75 Å². The number of piperazine rings is 1. The predicted octanol–water partition coefficient (Wildman–Crippen LogP) is 4.32. The van der Waals surface area contributed by atoms with E-state index in [1.54, 1.807) is 18.6 Å². The third-order valence-electron chi connectivity index (χ3n) is 7.17. The van der Waals surface area contributed by atoms with Crippen molar-refractivity contribution >= 4 is 22.8 Å². The van der Waals surface area contributed by atoms with Crippen LogP contribution in [-0.4, -0.2) is 63.5 Å². The minimum atomic E-state index is 0.183. The van der Waals surface area contributed by atoms with Crippen molar-refractivity contribution in [3.8, 4) is 16.9 Å². The zero-order chi connectivity index (χ0) is 25.2. The largest absolute Gasteiger partial charge is 0.493 e. The van der Waals surface area contributed by atoms with Gasteiger partial charge in [-0.05, 0) is 54.3 Å². The van der Waals surface area contributed by atoms with Gasteiger partial charge in [-0.15, -0.1) is 0 Å². The molecule has 0 atom stereocenters. The van der Waals surface area contributed by atoms with Gasteiger partial charge in [0.2, 0.25) is 5.91 Å². The van der Waals surface area contributed by atoms with Crippen molar-refractivity contribution in [2.45, 2.75) is 26.2 Å². The van der Waals surface area contributed by atoms with E-state index in [9.17, 15) is 4.79 Å². The number of fused-ring (bicyclic) bond motifs is 2. The van der Waals surface area contributed by atoms with Gasteiger partial charge in [0.15, 0.2) is 0 Å². The molecule has 1 amide bonds. The topological polar surface area (TPSA) is 87.2 Å². The molecule has 8 nitrogen and oxygen atoms in total. The van der Waals surface area contributed by atoms with E-state index in [1.165, 1.54) is 0 Å². The maximum absolute atomic E-state index is 13.1. The van der Waals surface area contributed by atoms with E-state index in [0.29, 0.717) is 26.1 Å². The number of nitrogens with zero attached hydrogens (tertiary/aromatic N) is 5. The van der Waals surface area contributed by atoms with Gasteiger partial charge in [0, 0.05) is 51.4 Å². The lowest BCUT2D eigenvalue weighted by atomic mass is 9.97. The van der Waals surface area contributed by atoms with Crippen LogP contribution >= 0.6 is 0 Å². The second-order valence-electron chi connectivity index (χ2n) is 9.65. The third-order valence-corrected chi connectivity index (χ3v) is 7.17.